The van der Waals surface area contributed by atoms with Gasteiger partial charge in [-0.25, -0.2) is 9.97 Å². The van der Waals surface area contributed by atoms with Crippen LogP contribution in [-0.4, -0.2) is 22.1 Å². The average Bonchev–Trinajstić information content (AvgIpc) is 2.19. The number of nitrogens with zero attached hydrogens (tertiary/aromatic N) is 3. The number of carbonyl (C=O) groups is 1. The molecule has 1 N–H and O–H groups in total. The topological polar surface area (TPSA) is 78.7 Å². The molecule has 14 heavy (non-hydrogen) atoms. The van der Waals surface area contributed by atoms with Crippen LogP contribution in [0.3, 0.4) is 0 Å². The predicted octanol–water partition coefficient (Wildman–Crippen LogP) is 1.06. The van der Waals surface area contributed by atoms with E-state index in [1.165, 1.54) is 24.2 Å². The van der Waals surface area contributed by atoms with Gasteiger partial charge in [0.1, 0.15) is 0 Å². The summed E-state index contributed by atoms with van der Waals surface area (Å²) in [7, 11) is 0. The summed E-state index contributed by atoms with van der Waals surface area (Å²) in [5.41, 5.74) is 0.00701. The lowest BCUT2D eigenvalue weighted by Gasteiger charge is -2.01. The Morgan fingerprint density at radius 2 is 2.50 bits per heavy atom. The summed E-state index contributed by atoms with van der Waals surface area (Å²) in [5, 5.41) is 10.7. The second-order valence-corrected chi connectivity index (χ2v) is 3.30. The zero-order chi connectivity index (χ0) is 10.6. The minimum atomic E-state index is -0.629. The Morgan fingerprint density at radius 3 is 3.07 bits per heavy atom. The van der Waals surface area contributed by atoms with Crippen LogP contribution in [0.5, 0.6) is 0 Å². The summed E-state index contributed by atoms with van der Waals surface area (Å²) < 4.78 is 0. The number of thioether (sulfide) groups is 1. The third kappa shape index (κ3) is 2.34. The van der Waals surface area contributed by atoms with Gasteiger partial charge in [0.2, 0.25) is 0 Å². The van der Waals surface area contributed by atoms with Gasteiger partial charge in [0.25, 0.3) is 5.91 Å². The largest absolute Gasteiger partial charge is 0.284 e. The van der Waals surface area contributed by atoms with E-state index in [1.807, 2.05) is 5.32 Å². The first kappa shape index (κ1) is 10.8. The normalized spacial score (nSPS) is 9.21. The molecule has 0 aliphatic heterocycles. The molecule has 0 saturated heterocycles. The molecule has 0 spiro atoms. The van der Waals surface area contributed by atoms with Crippen molar-refractivity contribution in [2.24, 2.45) is 0 Å². The fourth-order valence-corrected chi connectivity index (χ4v) is 1.24. The van der Waals surface area contributed by atoms with E-state index in [-0.39, 0.29) is 10.7 Å². The van der Waals surface area contributed by atoms with E-state index < -0.39 is 5.91 Å². The Hall–Kier alpha value is -1.32. The Kier molecular flexibility index (Phi) is 3.68. The van der Waals surface area contributed by atoms with Gasteiger partial charge in [-0.2, -0.15) is 5.26 Å². The Balaban J connectivity index is 3.07. The molecule has 5 nitrogen and oxygen atoms in total. The lowest BCUT2D eigenvalue weighted by Crippen LogP contribution is -2.19. The lowest BCUT2D eigenvalue weighted by molar-refractivity contribution is 0.0967. The van der Waals surface area contributed by atoms with Gasteiger partial charge in [0.15, 0.2) is 17.0 Å². The van der Waals surface area contributed by atoms with Crippen LogP contribution in [0.15, 0.2) is 11.4 Å². The van der Waals surface area contributed by atoms with Gasteiger partial charge < -0.3 is 0 Å². The van der Waals surface area contributed by atoms with Gasteiger partial charge in [-0.3, -0.25) is 10.1 Å². The van der Waals surface area contributed by atoms with Crippen LogP contribution in [-0.2, 0) is 0 Å². The van der Waals surface area contributed by atoms with E-state index in [0.717, 1.165) is 0 Å². The summed E-state index contributed by atoms with van der Waals surface area (Å²) >= 11 is 6.96. The summed E-state index contributed by atoms with van der Waals surface area (Å²) in [6.45, 7) is 0. The Labute approximate surface area is 89.5 Å². The number of amides is 1. The summed E-state index contributed by atoms with van der Waals surface area (Å²) in [6, 6.07) is 0. The van der Waals surface area contributed by atoms with E-state index in [2.05, 4.69) is 9.97 Å². The molecule has 1 aromatic rings. The molecule has 0 bridgehead atoms. The van der Waals surface area contributed by atoms with Gasteiger partial charge in [0, 0.05) is 0 Å². The number of rotatable bonds is 2. The molecule has 1 heterocycles. The van der Waals surface area contributed by atoms with Crippen LogP contribution in [0.1, 0.15) is 10.5 Å². The van der Waals surface area contributed by atoms with Gasteiger partial charge in [-0.05, 0) is 6.26 Å². The summed E-state index contributed by atoms with van der Waals surface area (Å²) in [4.78, 5) is 18.9. The summed E-state index contributed by atoms with van der Waals surface area (Å²) in [5.74, 6) is -0.629. The van der Waals surface area contributed by atoms with Gasteiger partial charge in [0.05, 0.1) is 11.2 Å². The highest BCUT2D eigenvalue weighted by Crippen LogP contribution is 2.15. The molecule has 0 radical (unpaired) electrons. The second-order valence-electron chi connectivity index (χ2n) is 2.12. The van der Waals surface area contributed by atoms with Crippen molar-refractivity contribution in [1.82, 2.24) is 15.3 Å². The minimum Gasteiger partial charge on any atom is -0.266 e. The maximum absolute atomic E-state index is 11.2. The Bertz CT molecular complexity index is 403. The number of hydrogen-bond acceptors (Lipinski definition) is 5. The second kappa shape index (κ2) is 4.79. The van der Waals surface area contributed by atoms with Crippen molar-refractivity contribution in [1.29, 1.82) is 5.26 Å². The van der Waals surface area contributed by atoms with Crippen molar-refractivity contribution in [2.45, 2.75) is 5.16 Å². The molecule has 0 aliphatic rings. The molecule has 1 rings (SSSR count). The lowest BCUT2D eigenvalue weighted by atomic mass is 10.4. The van der Waals surface area contributed by atoms with E-state index in [1.54, 1.807) is 6.26 Å². The first-order valence-corrected chi connectivity index (χ1v) is 5.05. The van der Waals surface area contributed by atoms with E-state index in [9.17, 15) is 4.79 Å². The van der Waals surface area contributed by atoms with Crippen LogP contribution >= 0.6 is 23.4 Å². The Morgan fingerprint density at radius 1 is 1.79 bits per heavy atom. The quantitative estimate of drug-likeness (QED) is 0.354. The van der Waals surface area contributed by atoms with Crippen LogP contribution < -0.4 is 5.32 Å². The molecule has 0 aromatic carbocycles. The molecule has 72 valence electrons. The smallest absolute Gasteiger partial charge is 0.266 e. The van der Waals surface area contributed by atoms with Crippen molar-refractivity contribution in [3.63, 3.8) is 0 Å². The molecule has 0 fully saturated rings. The minimum absolute atomic E-state index is 0.00701. The number of carbonyl (C=O) groups excluding carboxylic acids is 1. The highest BCUT2D eigenvalue weighted by molar-refractivity contribution is 7.98. The van der Waals surface area contributed by atoms with Crippen LogP contribution in [0, 0.1) is 11.5 Å². The molecular weight excluding hydrogens is 224 g/mol. The molecule has 0 saturated carbocycles. The third-order valence-electron chi connectivity index (χ3n) is 1.29. The number of halogens is 1. The highest BCUT2D eigenvalue weighted by Gasteiger charge is 2.13. The molecular formula is C7H5ClN4OS. The molecule has 0 atom stereocenters. The standard InChI is InChI=1S/C7H5ClN4OS/c1-14-7-10-2-4(8)5(12-7)6(13)11-3-9/h2H,1H3,(H,11,13). The zero-order valence-corrected chi connectivity index (χ0v) is 8.69. The SMILES string of the molecule is CSc1ncc(Cl)c(C(=O)NC#N)n1. The van der Waals surface area contributed by atoms with Crippen LogP contribution in [0.2, 0.25) is 5.02 Å². The number of nitriles is 1. The van der Waals surface area contributed by atoms with E-state index >= 15 is 0 Å². The van der Waals surface area contributed by atoms with Crippen molar-refractivity contribution in [3.05, 3.63) is 16.9 Å². The number of nitrogens with one attached hydrogen (secondary N) is 1. The fourth-order valence-electron chi connectivity index (χ4n) is 0.719. The van der Waals surface area contributed by atoms with Crippen molar-refractivity contribution in [2.75, 3.05) is 6.26 Å². The summed E-state index contributed by atoms with van der Waals surface area (Å²) in [6.07, 6.45) is 4.60. The number of hydrogen-bond donors (Lipinski definition) is 1. The number of aromatic nitrogens is 2. The first-order chi connectivity index (χ1) is 6.69. The van der Waals surface area contributed by atoms with Gasteiger partial charge >= 0.3 is 0 Å². The van der Waals surface area contributed by atoms with Gasteiger partial charge in [-0.15, -0.1) is 0 Å². The molecule has 0 aliphatic carbocycles. The third-order valence-corrected chi connectivity index (χ3v) is 2.13. The maximum Gasteiger partial charge on any atom is 0.284 e. The monoisotopic (exact) mass is 228 g/mol. The average molecular weight is 229 g/mol. The fraction of sp³-hybridized carbons (Fsp3) is 0.143. The van der Waals surface area contributed by atoms with Crippen molar-refractivity contribution in [3.8, 4) is 6.19 Å². The molecule has 1 aromatic heterocycles. The van der Waals surface area contributed by atoms with Crippen LogP contribution in [0.25, 0.3) is 0 Å². The molecule has 7 heteroatoms. The van der Waals surface area contributed by atoms with Crippen LogP contribution in [0.4, 0.5) is 0 Å². The van der Waals surface area contributed by atoms with Gasteiger partial charge in [-0.1, -0.05) is 23.4 Å². The zero-order valence-electron chi connectivity index (χ0n) is 7.11. The maximum atomic E-state index is 11.2. The first-order valence-electron chi connectivity index (χ1n) is 3.45. The molecule has 0 unspecified atom stereocenters. The van der Waals surface area contributed by atoms with Crippen molar-refractivity contribution < 1.29 is 4.79 Å². The van der Waals surface area contributed by atoms with E-state index in [4.69, 9.17) is 16.9 Å². The van der Waals surface area contributed by atoms with E-state index in [0.29, 0.717) is 5.16 Å². The highest BCUT2D eigenvalue weighted by atomic mass is 35.5. The molecule has 1 amide bonds. The van der Waals surface area contributed by atoms with Crippen molar-refractivity contribution >= 4 is 29.3 Å². The predicted molar refractivity (Wildman–Crippen MR) is 51.9 cm³/mol.